The summed E-state index contributed by atoms with van der Waals surface area (Å²) in [5.41, 5.74) is 1.76. The van der Waals surface area contributed by atoms with E-state index in [2.05, 4.69) is 16.0 Å². The van der Waals surface area contributed by atoms with E-state index in [1.165, 1.54) is 54.5 Å². The van der Waals surface area contributed by atoms with Crippen LogP contribution < -0.4 is 16.0 Å². The van der Waals surface area contributed by atoms with Crippen LogP contribution in [0.4, 0.5) is 16.4 Å². The molecule has 0 unspecified atom stereocenters. The molecule has 0 saturated heterocycles. The molecular formula is C34H30N4O7S2. The SMILES string of the molecule is COC(=O)c1c(NC(=O)CSc2cccc(NC(=O)/C(=C\c3ccccc3[N+](=O)[O-])NC(=O)c3ccccc3)c2)sc2c1CCCC2. The summed E-state index contributed by atoms with van der Waals surface area (Å²) in [4.78, 5) is 64.7. The highest BCUT2D eigenvalue weighted by molar-refractivity contribution is 8.00. The minimum absolute atomic E-state index is 0.0382. The van der Waals surface area contributed by atoms with Gasteiger partial charge in [0, 0.05) is 27.1 Å². The number of nitro groups is 1. The summed E-state index contributed by atoms with van der Waals surface area (Å²) in [5.74, 6) is -2.00. The van der Waals surface area contributed by atoms with Gasteiger partial charge in [0.1, 0.15) is 10.7 Å². The van der Waals surface area contributed by atoms with Crippen molar-refractivity contribution in [1.29, 1.82) is 0 Å². The Morgan fingerprint density at radius 2 is 1.70 bits per heavy atom. The molecule has 240 valence electrons. The summed E-state index contributed by atoms with van der Waals surface area (Å²) in [6.45, 7) is 0. The van der Waals surface area contributed by atoms with E-state index in [4.69, 9.17) is 4.74 Å². The molecule has 1 aliphatic rings. The van der Waals surface area contributed by atoms with Crippen molar-refractivity contribution in [3.63, 3.8) is 0 Å². The Morgan fingerprint density at radius 1 is 0.957 bits per heavy atom. The maximum absolute atomic E-state index is 13.5. The number of thioether (sulfide) groups is 1. The van der Waals surface area contributed by atoms with Gasteiger partial charge in [0.25, 0.3) is 17.5 Å². The smallest absolute Gasteiger partial charge is 0.341 e. The number of nitro benzene ring substituents is 1. The van der Waals surface area contributed by atoms with Crippen molar-refractivity contribution in [3.05, 3.63) is 122 Å². The first kappa shape index (κ1) is 33.1. The first-order valence-corrected chi connectivity index (χ1v) is 16.4. The highest BCUT2D eigenvalue weighted by atomic mass is 32.2. The van der Waals surface area contributed by atoms with Crippen LogP contribution in [0.1, 0.15) is 49.6 Å². The highest BCUT2D eigenvalue weighted by Crippen LogP contribution is 2.38. The molecule has 3 amide bonds. The quantitative estimate of drug-likeness (QED) is 0.0540. The fourth-order valence-corrected chi connectivity index (χ4v) is 7.07. The van der Waals surface area contributed by atoms with E-state index < -0.39 is 22.7 Å². The number of aryl methyl sites for hydroxylation is 1. The summed E-state index contributed by atoms with van der Waals surface area (Å²) in [6, 6.07) is 20.9. The lowest BCUT2D eigenvalue weighted by Gasteiger charge is -2.12. The van der Waals surface area contributed by atoms with Crippen LogP contribution >= 0.6 is 23.1 Å². The first-order chi connectivity index (χ1) is 22.7. The molecule has 3 aromatic carbocycles. The van der Waals surface area contributed by atoms with Crippen LogP contribution in [0.5, 0.6) is 0 Å². The number of hydrogen-bond acceptors (Lipinski definition) is 9. The van der Waals surface area contributed by atoms with Crippen molar-refractivity contribution >= 4 is 69.2 Å². The molecule has 47 heavy (non-hydrogen) atoms. The lowest BCUT2D eigenvalue weighted by atomic mass is 9.95. The highest BCUT2D eigenvalue weighted by Gasteiger charge is 2.27. The van der Waals surface area contributed by atoms with Crippen molar-refractivity contribution in [2.24, 2.45) is 0 Å². The van der Waals surface area contributed by atoms with Crippen molar-refractivity contribution in [2.45, 2.75) is 30.6 Å². The number of para-hydroxylation sites is 1. The van der Waals surface area contributed by atoms with Gasteiger partial charge in [0.05, 0.1) is 28.9 Å². The van der Waals surface area contributed by atoms with E-state index in [1.807, 2.05) is 0 Å². The topological polar surface area (TPSA) is 157 Å². The Balaban J connectivity index is 1.29. The monoisotopic (exact) mass is 670 g/mol. The number of hydrogen-bond donors (Lipinski definition) is 3. The second kappa shape index (κ2) is 15.3. The van der Waals surface area contributed by atoms with E-state index >= 15 is 0 Å². The van der Waals surface area contributed by atoms with E-state index in [0.717, 1.165) is 36.1 Å². The third kappa shape index (κ3) is 8.31. The number of carbonyl (C=O) groups excluding carboxylic acids is 4. The Labute approximate surface area is 278 Å². The van der Waals surface area contributed by atoms with E-state index in [0.29, 0.717) is 26.7 Å². The van der Waals surface area contributed by atoms with Gasteiger partial charge in [0.15, 0.2) is 0 Å². The first-order valence-electron chi connectivity index (χ1n) is 14.6. The average Bonchev–Trinajstić information content (AvgIpc) is 3.45. The number of rotatable bonds is 11. The minimum atomic E-state index is -0.704. The maximum Gasteiger partial charge on any atom is 0.341 e. The average molecular weight is 671 g/mol. The Bertz CT molecular complexity index is 1870. The van der Waals surface area contributed by atoms with E-state index in [9.17, 15) is 29.3 Å². The number of amides is 3. The molecule has 0 fully saturated rings. The Hall–Kier alpha value is -5.27. The van der Waals surface area contributed by atoms with E-state index in [-0.39, 0.29) is 28.6 Å². The number of nitrogens with zero attached hydrogens (tertiary/aromatic N) is 1. The van der Waals surface area contributed by atoms with Crippen LogP contribution in [0, 0.1) is 10.1 Å². The fraction of sp³-hybridized carbons (Fsp3) is 0.176. The molecule has 1 heterocycles. The number of fused-ring (bicyclic) bond motifs is 1. The second-order valence-corrected chi connectivity index (χ2v) is 12.6. The molecule has 0 radical (unpaired) electrons. The molecule has 13 heteroatoms. The number of carbonyl (C=O) groups is 4. The summed E-state index contributed by atoms with van der Waals surface area (Å²) in [7, 11) is 1.32. The van der Waals surface area contributed by atoms with Crippen LogP contribution in [0.2, 0.25) is 0 Å². The second-order valence-electron chi connectivity index (χ2n) is 10.4. The zero-order valence-corrected chi connectivity index (χ0v) is 26.9. The molecule has 11 nitrogen and oxygen atoms in total. The third-order valence-electron chi connectivity index (χ3n) is 7.24. The molecule has 0 saturated carbocycles. The van der Waals surface area contributed by atoms with Crippen LogP contribution in [-0.2, 0) is 27.2 Å². The van der Waals surface area contributed by atoms with E-state index in [1.54, 1.807) is 60.7 Å². The summed E-state index contributed by atoms with van der Waals surface area (Å²) < 4.78 is 4.99. The van der Waals surface area contributed by atoms with Gasteiger partial charge in [0.2, 0.25) is 5.91 Å². The van der Waals surface area contributed by atoms with Crippen molar-refractivity contribution in [2.75, 3.05) is 23.5 Å². The standard InChI is InChI=1S/C34H30N4O7S2/c1-45-34(42)30-25-15-6-8-17-28(25)47-33(30)37-29(39)20-46-24-14-9-13-23(19-24)35-32(41)26(36-31(40)21-10-3-2-4-11-21)18-22-12-5-7-16-27(22)38(43)44/h2-5,7,9-14,16,18-19H,6,8,15,17,20H2,1H3,(H,35,41)(H,36,40)(H,37,39)/b26-18+. The lowest BCUT2D eigenvalue weighted by Crippen LogP contribution is -2.30. The van der Waals surface area contributed by atoms with Gasteiger partial charge in [-0.3, -0.25) is 24.5 Å². The molecule has 5 rings (SSSR count). The van der Waals surface area contributed by atoms with Gasteiger partial charge >= 0.3 is 5.97 Å². The van der Waals surface area contributed by atoms with Gasteiger partial charge in [-0.05, 0) is 73.7 Å². The summed E-state index contributed by atoms with van der Waals surface area (Å²) in [5, 5.41) is 20.3. The van der Waals surface area contributed by atoms with Gasteiger partial charge in [-0.2, -0.15) is 0 Å². The fourth-order valence-electron chi connectivity index (χ4n) is 5.02. The third-order valence-corrected chi connectivity index (χ3v) is 9.44. The number of esters is 1. The molecule has 1 aliphatic carbocycles. The zero-order valence-electron chi connectivity index (χ0n) is 25.2. The number of nitrogens with one attached hydrogen (secondary N) is 3. The Kier molecular flexibility index (Phi) is 10.8. The van der Waals surface area contributed by atoms with Crippen LogP contribution in [0.15, 0.2) is 89.5 Å². The number of thiophene rings is 1. The molecule has 0 spiro atoms. The van der Waals surface area contributed by atoms with Crippen molar-refractivity contribution in [1.82, 2.24) is 5.32 Å². The molecule has 0 aliphatic heterocycles. The van der Waals surface area contributed by atoms with Gasteiger partial charge in [-0.25, -0.2) is 4.79 Å². The number of ether oxygens (including phenoxy) is 1. The van der Waals surface area contributed by atoms with Crippen LogP contribution in [0.25, 0.3) is 6.08 Å². The molecule has 0 atom stereocenters. The number of benzene rings is 3. The van der Waals surface area contributed by atoms with Crippen molar-refractivity contribution < 1.29 is 28.8 Å². The molecule has 1 aromatic heterocycles. The molecule has 0 bridgehead atoms. The lowest BCUT2D eigenvalue weighted by molar-refractivity contribution is -0.385. The zero-order chi connectivity index (χ0) is 33.3. The Morgan fingerprint density at radius 3 is 2.47 bits per heavy atom. The van der Waals surface area contributed by atoms with Gasteiger partial charge in [-0.15, -0.1) is 23.1 Å². The summed E-state index contributed by atoms with van der Waals surface area (Å²) in [6.07, 6.45) is 4.90. The number of methoxy groups -OCH3 is 1. The normalized spacial score (nSPS) is 12.4. The predicted octanol–water partition coefficient (Wildman–Crippen LogP) is 6.46. The minimum Gasteiger partial charge on any atom is -0.465 e. The van der Waals surface area contributed by atoms with Gasteiger partial charge in [-0.1, -0.05) is 36.4 Å². The molecule has 3 N–H and O–H groups in total. The van der Waals surface area contributed by atoms with Crippen molar-refractivity contribution in [3.8, 4) is 0 Å². The predicted molar refractivity (Wildman–Crippen MR) is 182 cm³/mol. The summed E-state index contributed by atoms with van der Waals surface area (Å²) >= 11 is 2.64. The largest absolute Gasteiger partial charge is 0.465 e. The molecular weight excluding hydrogens is 641 g/mol. The van der Waals surface area contributed by atoms with Gasteiger partial charge < -0.3 is 20.7 Å². The maximum atomic E-state index is 13.5. The number of anilines is 2. The van der Waals surface area contributed by atoms with Crippen LogP contribution in [0.3, 0.4) is 0 Å². The van der Waals surface area contributed by atoms with Crippen LogP contribution in [-0.4, -0.2) is 41.5 Å². The molecule has 4 aromatic rings.